The van der Waals surface area contributed by atoms with Crippen molar-refractivity contribution in [2.45, 2.75) is 32.5 Å². The summed E-state index contributed by atoms with van der Waals surface area (Å²) in [6.07, 6.45) is -3.86. The highest BCUT2D eigenvalue weighted by Gasteiger charge is 2.33. The molecule has 1 atom stereocenters. The van der Waals surface area contributed by atoms with Gasteiger partial charge in [0.2, 0.25) is 0 Å². The lowest BCUT2D eigenvalue weighted by Crippen LogP contribution is -2.24. The highest BCUT2D eigenvalue weighted by atomic mass is 19.4. The van der Waals surface area contributed by atoms with Crippen LogP contribution in [-0.2, 0) is 12.6 Å². The van der Waals surface area contributed by atoms with E-state index in [0.717, 1.165) is 6.07 Å². The number of nitrogens with one attached hydrogen (secondary N) is 1. The Kier molecular flexibility index (Phi) is 3.94. The zero-order valence-corrected chi connectivity index (χ0v) is 11.5. The van der Waals surface area contributed by atoms with Crippen LogP contribution in [0.15, 0.2) is 18.2 Å². The van der Waals surface area contributed by atoms with Gasteiger partial charge in [0.15, 0.2) is 0 Å². The van der Waals surface area contributed by atoms with Crippen molar-refractivity contribution in [3.8, 4) is 0 Å². The number of rotatable bonds is 3. The van der Waals surface area contributed by atoms with Crippen LogP contribution in [0.1, 0.15) is 24.0 Å². The van der Waals surface area contributed by atoms with E-state index in [2.05, 4.69) is 15.3 Å². The lowest BCUT2D eigenvalue weighted by atomic mass is 10.0. The summed E-state index contributed by atoms with van der Waals surface area (Å²) in [5.74, 6) is 0.354. The molecule has 0 saturated heterocycles. The SMILES string of the molecule is CNC(C)Cc1nc(C)nc2c(C(F)(F)F)cccc12. The Balaban J connectivity index is 2.66. The summed E-state index contributed by atoms with van der Waals surface area (Å²) in [5, 5.41) is 3.53. The van der Waals surface area contributed by atoms with Crippen LogP contribution in [0.25, 0.3) is 10.9 Å². The molecule has 0 aliphatic rings. The molecule has 6 heteroatoms. The van der Waals surface area contributed by atoms with Crippen molar-refractivity contribution in [3.63, 3.8) is 0 Å². The molecule has 20 heavy (non-hydrogen) atoms. The molecule has 1 N–H and O–H groups in total. The molecule has 0 saturated carbocycles. The van der Waals surface area contributed by atoms with Crippen molar-refractivity contribution >= 4 is 10.9 Å². The average molecular weight is 283 g/mol. The number of aromatic nitrogens is 2. The molecular weight excluding hydrogens is 267 g/mol. The zero-order chi connectivity index (χ0) is 14.9. The maximum absolute atomic E-state index is 13.0. The molecule has 1 aromatic heterocycles. The first kappa shape index (κ1) is 14.7. The van der Waals surface area contributed by atoms with E-state index in [9.17, 15) is 13.2 Å². The van der Waals surface area contributed by atoms with Crippen molar-refractivity contribution in [2.24, 2.45) is 0 Å². The third kappa shape index (κ3) is 2.90. The van der Waals surface area contributed by atoms with Gasteiger partial charge in [-0.3, -0.25) is 0 Å². The van der Waals surface area contributed by atoms with Crippen LogP contribution < -0.4 is 5.32 Å². The van der Waals surface area contributed by atoms with E-state index in [1.54, 1.807) is 13.0 Å². The number of aryl methyl sites for hydroxylation is 1. The van der Waals surface area contributed by atoms with Crippen LogP contribution in [0.5, 0.6) is 0 Å². The lowest BCUT2D eigenvalue weighted by Gasteiger charge is -2.14. The number of para-hydroxylation sites is 1. The van der Waals surface area contributed by atoms with E-state index in [4.69, 9.17) is 0 Å². The number of hydrogen-bond acceptors (Lipinski definition) is 3. The van der Waals surface area contributed by atoms with Crippen LogP contribution in [0, 0.1) is 6.92 Å². The van der Waals surface area contributed by atoms with Gasteiger partial charge in [0.25, 0.3) is 0 Å². The molecule has 0 fully saturated rings. The topological polar surface area (TPSA) is 37.8 Å². The van der Waals surface area contributed by atoms with Crippen LogP contribution in [0.2, 0.25) is 0 Å². The summed E-state index contributed by atoms with van der Waals surface area (Å²) in [6.45, 7) is 3.57. The fourth-order valence-electron chi connectivity index (χ4n) is 2.12. The molecule has 0 spiro atoms. The normalized spacial score (nSPS) is 13.7. The molecular formula is C14H16F3N3. The van der Waals surface area contributed by atoms with Gasteiger partial charge in [-0.1, -0.05) is 12.1 Å². The molecule has 1 unspecified atom stereocenters. The Morgan fingerprint density at radius 3 is 2.55 bits per heavy atom. The number of likely N-dealkylation sites (N-methyl/N-ethyl adjacent to an activating group) is 1. The smallest absolute Gasteiger partial charge is 0.317 e. The van der Waals surface area contributed by atoms with Crippen LogP contribution in [-0.4, -0.2) is 23.1 Å². The quantitative estimate of drug-likeness (QED) is 0.940. The number of nitrogens with zero attached hydrogens (tertiary/aromatic N) is 2. The second-order valence-corrected chi connectivity index (χ2v) is 4.81. The van der Waals surface area contributed by atoms with Gasteiger partial charge in [-0.25, -0.2) is 9.97 Å². The number of alkyl halides is 3. The third-order valence-corrected chi connectivity index (χ3v) is 3.22. The number of halogens is 3. The Bertz CT molecular complexity index is 623. The molecule has 3 nitrogen and oxygen atoms in total. The standard InChI is InChI=1S/C14H16F3N3/c1-8(18-3)7-12-10-5-4-6-11(14(15,16)17)13(10)20-9(2)19-12/h4-6,8,18H,7H2,1-3H3. The van der Waals surface area contributed by atoms with Crippen molar-refractivity contribution in [2.75, 3.05) is 7.05 Å². The van der Waals surface area contributed by atoms with Gasteiger partial charge in [0, 0.05) is 17.8 Å². The first-order chi connectivity index (χ1) is 9.32. The number of fused-ring (bicyclic) bond motifs is 1. The minimum Gasteiger partial charge on any atom is -0.317 e. The maximum Gasteiger partial charge on any atom is 0.418 e. The van der Waals surface area contributed by atoms with Crippen molar-refractivity contribution in [1.29, 1.82) is 0 Å². The van der Waals surface area contributed by atoms with Gasteiger partial charge in [-0.2, -0.15) is 13.2 Å². The van der Waals surface area contributed by atoms with Gasteiger partial charge in [0.05, 0.1) is 16.8 Å². The number of hydrogen-bond donors (Lipinski definition) is 1. The Labute approximate surface area is 115 Å². The Morgan fingerprint density at radius 2 is 1.95 bits per heavy atom. The van der Waals surface area contributed by atoms with E-state index < -0.39 is 11.7 Å². The Hall–Kier alpha value is -1.69. The molecule has 0 aliphatic carbocycles. The molecule has 1 heterocycles. The summed E-state index contributed by atoms with van der Waals surface area (Å²) < 4.78 is 39.1. The monoisotopic (exact) mass is 283 g/mol. The fraction of sp³-hybridized carbons (Fsp3) is 0.429. The van der Waals surface area contributed by atoms with E-state index >= 15 is 0 Å². The van der Waals surface area contributed by atoms with Crippen LogP contribution in [0.3, 0.4) is 0 Å². The van der Waals surface area contributed by atoms with E-state index in [1.165, 1.54) is 6.07 Å². The summed E-state index contributed by atoms with van der Waals surface area (Å²) in [4.78, 5) is 8.28. The van der Waals surface area contributed by atoms with Crippen molar-refractivity contribution in [1.82, 2.24) is 15.3 Å². The molecule has 0 bridgehead atoms. The second-order valence-electron chi connectivity index (χ2n) is 4.81. The highest BCUT2D eigenvalue weighted by molar-refractivity contribution is 5.84. The summed E-state index contributed by atoms with van der Waals surface area (Å²) in [5.41, 5.74) is -0.0925. The molecule has 108 valence electrons. The minimum absolute atomic E-state index is 0.0224. The van der Waals surface area contributed by atoms with Crippen LogP contribution in [0.4, 0.5) is 13.2 Å². The zero-order valence-electron chi connectivity index (χ0n) is 11.5. The van der Waals surface area contributed by atoms with Gasteiger partial charge in [0.1, 0.15) is 5.82 Å². The van der Waals surface area contributed by atoms with Gasteiger partial charge >= 0.3 is 6.18 Å². The lowest BCUT2D eigenvalue weighted by molar-refractivity contribution is -0.136. The van der Waals surface area contributed by atoms with Crippen molar-refractivity contribution < 1.29 is 13.2 Å². The summed E-state index contributed by atoms with van der Waals surface area (Å²) in [7, 11) is 1.81. The van der Waals surface area contributed by atoms with Gasteiger partial charge < -0.3 is 5.32 Å². The second kappa shape index (κ2) is 5.36. The number of benzene rings is 1. The predicted molar refractivity (Wildman–Crippen MR) is 71.5 cm³/mol. The fourth-order valence-corrected chi connectivity index (χ4v) is 2.12. The summed E-state index contributed by atoms with van der Waals surface area (Å²) in [6, 6.07) is 4.22. The summed E-state index contributed by atoms with van der Waals surface area (Å²) >= 11 is 0. The first-order valence-electron chi connectivity index (χ1n) is 6.33. The van der Waals surface area contributed by atoms with Crippen molar-refractivity contribution in [3.05, 3.63) is 35.3 Å². The molecule has 2 aromatic rings. The third-order valence-electron chi connectivity index (χ3n) is 3.22. The van der Waals surface area contributed by atoms with Crippen LogP contribution >= 0.6 is 0 Å². The molecule has 0 radical (unpaired) electrons. The average Bonchev–Trinajstić information content (AvgIpc) is 2.36. The van der Waals surface area contributed by atoms with Gasteiger partial charge in [-0.05, 0) is 27.0 Å². The minimum atomic E-state index is -4.41. The highest BCUT2D eigenvalue weighted by Crippen LogP contribution is 2.34. The first-order valence-corrected chi connectivity index (χ1v) is 6.33. The van der Waals surface area contributed by atoms with E-state index in [-0.39, 0.29) is 11.6 Å². The largest absolute Gasteiger partial charge is 0.418 e. The predicted octanol–water partition coefficient (Wildman–Crippen LogP) is 3.11. The Morgan fingerprint density at radius 1 is 1.25 bits per heavy atom. The van der Waals surface area contributed by atoms with E-state index in [0.29, 0.717) is 23.3 Å². The van der Waals surface area contributed by atoms with Gasteiger partial charge in [-0.15, -0.1) is 0 Å². The molecule has 0 aliphatic heterocycles. The molecule has 0 amide bonds. The molecule has 2 rings (SSSR count). The molecule has 1 aromatic carbocycles. The maximum atomic E-state index is 13.0. The van der Waals surface area contributed by atoms with E-state index in [1.807, 2.05) is 14.0 Å².